The van der Waals surface area contributed by atoms with Crippen LogP contribution in [0.4, 0.5) is 10.1 Å². The first-order valence-corrected chi connectivity index (χ1v) is 12.2. The van der Waals surface area contributed by atoms with Crippen molar-refractivity contribution in [3.8, 4) is 0 Å². The molecule has 2 amide bonds. The number of rotatable bonds is 9. The first-order chi connectivity index (χ1) is 16.5. The Kier molecular flexibility index (Phi) is 7.87. The van der Waals surface area contributed by atoms with Gasteiger partial charge in [0, 0.05) is 40.3 Å². The Morgan fingerprint density at radius 2 is 1.62 bits per heavy atom. The third-order valence-electron chi connectivity index (χ3n) is 5.37. The molecule has 0 bridgehead atoms. The molecule has 5 nitrogen and oxygen atoms in total. The molecule has 0 aliphatic carbocycles. The van der Waals surface area contributed by atoms with E-state index in [0.717, 1.165) is 22.0 Å². The van der Waals surface area contributed by atoms with Gasteiger partial charge in [-0.3, -0.25) is 9.59 Å². The molecule has 4 rings (SSSR count). The highest BCUT2D eigenvalue weighted by Gasteiger charge is 2.21. The van der Waals surface area contributed by atoms with E-state index in [1.54, 1.807) is 0 Å². The number of aromatic nitrogens is 1. The van der Waals surface area contributed by atoms with Crippen molar-refractivity contribution < 1.29 is 14.0 Å². The van der Waals surface area contributed by atoms with Crippen molar-refractivity contribution in [1.29, 1.82) is 0 Å². The highest BCUT2D eigenvalue weighted by molar-refractivity contribution is 8.00. The molecule has 0 aliphatic rings. The lowest BCUT2D eigenvalue weighted by molar-refractivity contribution is -0.118. The maximum absolute atomic E-state index is 13.0. The molecule has 174 valence electrons. The molecule has 0 saturated carbocycles. The fourth-order valence-electron chi connectivity index (χ4n) is 3.76. The van der Waals surface area contributed by atoms with Crippen molar-refractivity contribution in [2.45, 2.75) is 5.92 Å². The maximum Gasteiger partial charge on any atom is 0.234 e. The van der Waals surface area contributed by atoms with Crippen LogP contribution in [0.3, 0.4) is 0 Å². The van der Waals surface area contributed by atoms with E-state index < -0.39 is 0 Å². The smallest absolute Gasteiger partial charge is 0.234 e. The van der Waals surface area contributed by atoms with Gasteiger partial charge in [0.2, 0.25) is 11.8 Å². The number of H-pyrrole nitrogens is 1. The molecule has 0 spiro atoms. The lowest BCUT2D eigenvalue weighted by atomic mass is 9.91. The van der Waals surface area contributed by atoms with Gasteiger partial charge in [0.25, 0.3) is 0 Å². The van der Waals surface area contributed by atoms with Crippen LogP contribution in [0.15, 0.2) is 79.0 Å². The Morgan fingerprint density at radius 3 is 2.41 bits per heavy atom. The molecule has 1 atom stereocenters. The summed E-state index contributed by atoms with van der Waals surface area (Å²) >= 11 is 7.72. The van der Waals surface area contributed by atoms with E-state index in [1.807, 2.05) is 54.7 Å². The summed E-state index contributed by atoms with van der Waals surface area (Å²) in [5.41, 5.74) is 3.51. The van der Waals surface area contributed by atoms with E-state index in [9.17, 15) is 14.0 Å². The highest BCUT2D eigenvalue weighted by atomic mass is 35.5. The molecular weight excluding hydrogens is 473 g/mol. The summed E-state index contributed by atoms with van der Waals surface area (Å²) in [6, 6.07) is 21.2. The summed E-state index contributed by atoms with van der Waals surface area (Å²) in [5, 5.41) is 7.38. The number of hydrogen-bond donors (Lipinski definition) is 3. The number of benzene rings is 3. The van der Waals surface area contributed by atoms with Gasteiger partial charge in [-0.05, 0) is 47.5 Å². The molecule has 34 heavy (non-hydrogen) atoms. The SMILES string of the molecule is O=C(CSCC(=O)Nc1ccc(F)cc1)NCC(c1ccccc1Cl)c1c[nH]c2ccccc12. The van der Waals surface area contributed by atoms with E-state index in [2.05, 4.69) is 15.6 Å². The van der Waals surface area contributed by atoms with Crippen LogP contribution < -0.4 is 10.6 Å². The molecule has 8 heteroatoms. The van der Waals surface area contributed by atoms with Crippen molar-refractivity contribution in [2.75, 3.05) is 23.4 Å². The molecule has 1 heterocycles. The van der Waals surface area contributed by atoms with Crippen LogP contribution >= 0.6 is 23.4 Å². The van der Waals surface area contributed by atoms with Gasteiger partial charge in [-0.1, -0.05) is 48.0 Å². The van der Waals surface area contributed by atoms with E-state index in [4.69, 9.17) is 11.6 Å². The number of fused-ring (bicyclic) bond motifs is 1. The third-order valence-corrected chi connectivity index (χ3v) is 6.65. The van der Waals surface area contributed by atoms with Gasteiger partial charge in [-0.25, -0.2) is 4.39 Å². The van der Waals surface area contributed by atoms with Crippen molar-refractivity contribution in [3.63, 3.8) is 0 Å². The molecule has 3 aromatic carbocycles. The number of hydrogen-bond acceptors (Lipinski definition) is 3. The van der Waals surface area contributed by atoms with Gasteiger partial charge in [-0.15, -0.1) is 11.8 Å². The lowest BCUT2D eigenvalue weighted by Crippen LogP contribution is -2.30. The minimum Gasteiger partial charge on any atom is -0.361 e. The molecule has 4 aromatic rings. The zero-order valence-corrected chi connectivity index (χ0v) is 19.8. The second-order valence-corrected chi connectivity index (χ2v) is 9.11. The van der Waals surface area contributed by atoms with Crippen LogP contribution in [0.1, 0.15) is 17.0 Å². The van der Waals surface area contributed by atoms with Gasteiger partial charge in [0.15, 0.2) is 0 Å². The summed E-state index contributed by atoms with van der Waals surface area (Å²) in [6.45, 7) is 0.368. The highest BCUT2D eigenvalue weighted by Crippen LogP contribution is 2.34. The third kappa shape index (κ3) is 5.98. The summed E-state index contributed by atoms with van der Waals surface area (Å²) < 4.78 is 13.0. The average molecular weight is 496 g/mol. The zero-order chi connectivity index (χ0) is 23.9. The Hall–Kier alpha value is -3.29. The summed E-state index contributed by atoms with van der Waals surface area (Å²) in [4.78, 5) is 27.9. The topological polar surface area (TPSA) is 74.0 Å². The van der Waals surface area contributed by atoms with Crippen molar-refractivity contribution in [3.05, 3.63) is 101 Å². The van der Waals surface area contributed by atoms with Gasteiger partial charge in [-0.2, -0.15) is 0 Å². The van der Waals surface area contributed by atoms with Crippen LogP contribution in [-0.2, 0) is 9.59 Å². The maximum atomic E-state index is 13.0. The number of amides is 2. The van der Waals surface area contributed by atoms with Crippen LogP contribution in [-0.4, -0.2) is 34.8 Å². The molecular formula is C26H23ClFN3O2S. The number of carbonyl (C=O) groups excluding carboxylic acids is 2. The van der Waals surface area contributed by atoms with Gasteiger partial charge in [0.1, 0.15) is 5.82 Å². The average Bonchev–Trinajstić information content (AvgIpc) is 3.26. The Labute approximate surface area is 206 Å². The van der Waals surface area contributed by atoms with Crippen LogP contribution in [0.5, 0.6) is 0 Å². The van der Waals surface area contributed by atoms with E-state index >= 15 is 0 Å². The number of para-hydroxylation sites is 1. The fraction of sp³-hybridized carbons (Fsp3) is 0.154. The van der Waals surface area contributed by atoms with Crippen LogP contribution in [0, 0.1) is 5.82 Å². The Balaban J connectivity index is 1.36. The molecule has 0 aliphatic heterocycles. The number of nitrogens with one attached hydrogen (secondary N) is 3. The predicted octanol–water partition coefficient (Wildman–Crippen LogP) is 5.58. The summed E-state index contributed by atoms with van der Waals surface area (Å²) in [7, 11) is 0. The van der Waals surface area contributed by atoms with Crippen molar-refractivity contribution in [1.82, 2.24) is 10.3 Å². The summed E-state index contributed by atoms with van der Waals surface area (Å²) in [5.74, 6) is -0.679. The number of carbonyl (C=O) groups is 2. The first kappa shape index (κ1) is 23.9. The molecule has 3 N–H and O–H groups in total. The summed E-state index contributed by atoms with van der Waals surface area (Å²) in [6.07, 6.45) is 1.96. The lowest BCUT2D eigenvalue weighted by Gasteiger charge is -2.19. The number of aromatic amines is 1. The van der Waals surface area contributed by atoms with Gasteiger partial charge < -0.3 is 15.6 Å². The first-order valence-electron chi connectivity index (χ1n) is 10.7. The number of halogens is 2. The van der Waals surface area contributed by atoms with E-state index in [1.165, 1.54) is 36.0 Å². The van der Waals surface area contributed by atoms with E-state index in [0.29, 0.717) is 17.3 Å². The largest absolute Gasteiger partial charge is 0.361 e. The molecule has 1 unspecified atom stereocenters. The van der Waals surface area contributed by atoms with Gasteiger partial charge >= 0.3 is 0 Å². The normalized spacial score (nSPS) is 11.8. The van der Waals surface area contributed by atoms with Crippen LogP contribution in [0.25, 0.3) is 10.9 Å². The zero-order valence-electron chi connectivity index (χ0n) is 18.2. The predicted molar refractivity (Wildman–Crippen MR) is 137 cm³/mol. The molecule has 0 radical (unpaired) electrons. The van der Waals surface area contributed by atoms with Crippen molar-refractivity contribution >= 4 is 51.8 Å². The minimum atomic E-state index is -0.369. The van der Waals surface area contributed by atoms with Crippen LogP contribution in [0.2, 0.25) is 5.02 Å². The van der Waals surface area contributed by atoms with Crippen molar-refractivity contribution in [2.24, 2.45) is 0 Å². The fourth-order valence-corrected chi connectivity index (χ4v) is 4.68. The molecule has 0 saturated heterocycles. The molecule has 0 fully saturated rings. The number of anilines is 1. The second kappa shape index (κ2) is 11.2. The molecule has 1 aromatic heterocycles. The second-order valence-electron chi connectivity index (χ2n) is 7.72. The quantitative estimate of drug-likeness (QED) is 0.284. The Morgan fingerprint density at radius 1 is 0.912 bits per heavy atom. The number of thioether (sulfide) groups is 1. The standard InChI is InChI=1S/C26H23ClFN3O2S/c27-23-7-3-1-5-19(23)21(22-13-29-24-8-4-2-6-20(22)24)14-30-25(32)15-34-16-26(33)31-18-11-9-17(28)10-12-18/h1-13,21,29H,14-16H2,(H,30,32)(H,31,33). The van der Waals surface area contributed by atoms with Gasteiger partial charge in [0.05, 0.1) is 11.5 Å². The minimum absolute atomic E-state index is 0.112. The van der Waals surface area contributed by atoms with E-state index in [-0.39, 0.29) is 35.1 Å². The Bertz CT molecular complexity index is 1290. The monoisotopic (exact) mass is 495 g/mol.